The van der Waals surface area contributed by atoms with E-state index in [1.54, 1.807) is 0 Å². The first-order chi connectivity index (χ1) is 12.8. The Labute approximate surface area is 156 Å². The summed E-state index contributed by atoms with van der Waals surface area (Å²) in [5.41, 5.74) is 0. The highest BCUT2D eigenvalue weighted by Crippen LogP contribution is 2.45. The van der Waals surface area contributed by atoms with Crippen LogP contribution in [-0.2, 0) is 14.2 Å². The molecule has 5 heteroatoms. The highest BCUT2D eigenvalue weighted by Gasteiger charge is 2.45. The quantitative estimate of drug-likeness (QED) is 0.824. The van der Waals surface area contributed by atoms with E-state index in [1.165, 1.54) is 19.3 Å². The zero-order valence-corrected chi connectivity index (χ0v) is 15.8. The molecule has 5 aliphatic rings. The molecule has 148 valence electrons. The molecule has 2 bridgehead atoms. The van der Waals surface area contributed by atoms with Gasteiger partial charge in [-0.25, -0.2) is 4.39 Å². The van der Waals surface area contributed by atoms with Crippen LogP contribution in [0.4, 0.5) is 4.39 Å². The number of alkyl halides is 1. The van der Waals surface area contributed by atoms with E-state index < -0.39 is 6.17 Å². The summed E-state index contributed by atoms with van der Waals surface area (Å²) in [5, 5.41) is 3.84. The average Bonchev–Trinajstić information content (AvgIpc) is 3.28. The van der Waals surface area contributed by atoms with E-state index in [2.05, 4.69) is 5.32 Å². The van der Waals surface area contributed by atoms with Gasteiger partial charge in [-0.05, 0) is 69.6 Å². The molecular weight excluding hydrogens is 333 g/mol. The van der Waals surface area contributed by atoms with E-state index in [0.717, 1.165) is 57.5 Å². The fraction of sp³-hybridized carbons (Fsp3) is 1.00. The molecule has 2 saturated carbocycles. The third kappa shape index (κ3) is 3.57. The molecule has 3 aliphatic heterocycles. The molecule has 3 heterocycles. The van der Waals surface area contributed by atoms with Crippen LogP contribution in [0.5, 0.6) is 0 Å². The van der Waals surface area contributed by atoms with Crippen LogP contribution in [0.1, 0.15) is 64.2 Å². The molecule has 5 fully saturated rings. The maximum absolute atomic E-state index is 13.6. The van der Waals surface area contributed by atoms with E-state index in [1.807, 2.05) is 0 Å². The maximum Gasteiger partial charge on any atom is 0.147 e. The predicted octanol–water partition coefficient (Wildman–Crippen LogP) is 3.58. The number of halogens is 1. The van der Waals surface area contributed by atoms with Gasteiger partial charge in [0.05, 0.1) is 24.9 Å². The number of ether oxygens (including phenoxy) is 3. The van der Waals surface area contributed by atoms with Gasteiger partial charge in [0, 0.05) is 24.4 Å². The number of rotatable bonds is 4. The lowest BCUT2D eigenvalue weighted by Crippen LogP contribution is -2.50. The van der Waals surface area contributed by atoms with Gasteiger partial charge in [-0.3, -0.25) is 0 Å². The van der Waals surface area contributed by atoms with Gasteiger partial charge >= 0.3 is 0 Å². The van der Waals surface area contributed by atoms with Gasteiger partial charge in [-0.15, -0.1) is 0 Å². The zero-order chi connectivity index (χ0) is 17.5. The first kappa shape index (κ1) is 17.8. The van der Waals surface area contributed by atoms with Crippen LogP contribution in [0.25, 0.3) is 0 Å². The van der Waals surface area contributed by atoms with E-state index in [0.29, 0.717) is 42.9 Å². The van der Waals surface area contributed by atoms with Crippen molar-refractivity contribution in [2.75, 3.05) is 13.4 Å². The molecule has 0 aromatic rings. The molecule has 0 aromatic carbocycles. The van der Waals surface area contributed by atoms with Crippen LogP contribution in [-0.4, -0.2) is 50.0 Å². The summed E-state index contributed by atoms with van der Waals surface area (Å²) in [7, 11) is 0. The normalized spacial score (nSPS) is 51.3. The Morgan fingerprint density at radius 2 is 1.73 bits per heavy atom. The molecule has 3 saturated heterocycles. The minimum Gasteiger partial charge on any atom is -0.378 e. The largest absolute Gasteiger partial charge is 0.378 e. The van der Waals surface area contributed by atoms with Gasteiger partial charge in [0.25, 0.3) is 0 Å². The van der Waals surface area contributed by atoms with Crippen LogP contribution in [0, 0.1) is 17.8 Å². The molecular formula is C21H34FNO3. The smallest absolute Gasteiger partial charge is 0.147 e. The van der Waals surface area contributed by atoms with Gasteiger partial charge in [-0.2, -0.15) is 0 Å². The van der Waals surface area contributed by atoms with Gasteiger partial charge in [0.2, 0.25) is 0 Å². The second-order valence-electron chi connectivity index (χ2n) is 9.42. The highest BCUT2D eigenvalue weighted by atomic mass is 19.1. The summed E-state index contributed by atoms with van der Waals surface area (Å²) in [6.45, 7) is 1.32. The van der Waals surface area contributed by atoms with E-state index in [9.17, 15) is 4.39 Å². The Morgan fingerprint density at radius 3 is 2.62 bits per heavy atom. The Morgan fingerprint density at radius 1 is 0.885 bits per heavy atom. The van der Waals surface area contributed by atoms with Crippen LogP contribution >= 0.6 is 0 Å². The molecule has 0 spiro atoms. The van der Waals surface area contributed by atoms with Crippen LogP contribution in [0.3, 0.4) is 0 Å². The lowest BCUT2D eigenvalue weighted by molar-refractivity contribution is -0.0591. The van der Waals surface area contributed by atoms with Crippen LogP contribution in [0.15, 0.2) is 0 Å². The monoisotopic (exact) mass is 367 g/mol. The molecule has 0 radical (unpaired) electrons. The summed E-state index contributed by atoms with van der Waals surface area (Å²) in [6, 6.07) is 1.31. The molecule has 4 nitrogen and oxygen atoms in total. The Kier molecular flexibility index (Phi) is 5.25. The van der Waals surface area contributed by atoms with E-state index in [-0.39, 0.29) is 6.10 Å². The SMILES string of the molecule is FC1CCC(C2CC3CCC(N3)C2COC2CCC3OCOC3C2)CC1. The first-order valence-corrected chi connectivity index (χ1v) is 11.0. The Balaban J connectivity index is 1.20. The van der Waals surface area contributed by atoms with Crippen molar-refractivity contribution >= 4 is 0 Å². The third-order valence-electron chi connectivity index (χ3n) is 7.98. The summed E-state index contributed by atoms with van der Waals surface area (Å²) in [5.74, 6) is 2.04. The number of hydrogen-bond acceptors (Lipinski definition) is 4. The Hall–Kier alpha value is -0.230. The van der Waals surface area contributed by atoms with Crippen molar-refractivity contribution in [1.29, 1.82) is 0 Å². The van der Waals surface area contributed by atoms with Crippen LogP contribution in [0.2, 0.25) is 0 Å². The maximum atomic E-state index is 13.6. The minimum absolute atomic E-state index is 0.240. The summed E-state index contributed by atoms with van der Waals surface area (Å²) >= 11 is 0. The van der Waals surface area contributed by atoms with Gasteiger partial charge in [-0.1, -0.05) is 0 Å². The molecule has 7 atom stereocenters. The average molecular weight is 368 g/mol. The van der Waals surface area contributed by atoms with E-state index in [4.69, 9.17) is 14.2 Å². The Bertz CT molecular complexity index is 484. The van der Waals surface area contributed by atoms with Gasteiger partial charge in [0.15, 0.2) is 0 Å². The second kappa shape index (κ2) is 7.65. The van der Waals surface area contributed by atoms with Crippen molar-refractivity contribution in [3.05, 3.63) is 0 Å². The van der Waals surface area contributed by atoms with E-state index >= 15 is 0 Å². The summed E-state index contributed by atoms with van der Waals surface area (Å²) < 4.78 is 31.4. The standard InChI is InChI=1S/C21H34FNO3/c22-14-3-1-13(2-4-14)17-9-15-5-7-19(23-15)18(17)11-24-16-6-8-20-21(10-16)26-12-25-20/h13-21,23H,1-12H2. The molecule has 1 N–H and O–H groups in total. The van der Waals surface area contributed by atoms with Crippen LogP contribution < -0.4 is 5.32 Å². The molecule has 2 aliphatic carbocycles. The summed E-state index contributed by atoms with van der Waals surface area (Å²) in [6.07, 6.45) is 11.0. The fourth-order valence-corrected chi connectivity index (χ4v) is 6.51. The van der Waals surface area contributed by atoms with Crippen molar-refractivity contribution in [2.45, 2.75) is 101 Å². The van der Waals surface area contributed by atoms with Gasteiger partial charge in [0.1, 0.15) is 13.0 Å². The third-order valence-corrected chi connectivity index (χ3v) is 7.98. The molecule has 0 aromatic heterocycles. The number of fused-ring (bicyclic) bond motifs is 3. The first-order valence-electron chi connectivity index (χ1n) is 11.0. The number of hydrogen-bond donors (Lipinski definition) is 1. The second-order valence-corrected chi connectivity index (χ2v) is 9.42. The van der Waals surface area contributed by atoms with Gasteiger partial charge < -0.3 is 19.5 Å². The van der Waals surface area contributed by atoms with Crippen molar-refractivity contribution < 1.29 is 18.6 Å². The fourth-order valence-electron chi connectivity index (χ4n) is 6.51. The predicted molar refractivity (Wildman–Crippen MR) is 96.6 cm³/mol. The lowest BCUT2D eigenvalue weighted by Gasteiger charge is -2.44. The van der Waals surface area contributed by atoms with Crippen molar-refractivity contribution in [3.8, 4) is 0 Å². The summed E-state index contributed by atoms with van der Waals surface area (Å²) in [4.78, 5) is 0. The highest BCUT2D eigenvalue weighted by molar-refractivity contribution is 5.00. The molecule has 7 unspecified atom stereocenters. The molecule has 5 rings (SSSR count). The number of piperidine rings is 1. The van der Waals surface area contributed by atoms with Crippen molar-refractivity contribution in [1.82, 2.24) is 5.32 Å². The zero-order valence-electron chi connectivity index (χ0n) is 15.8. The van der Waals surface area contributed by atoms with Crippen molar-refractivity contribution in [3.63, 3.8) is 0 Å². The molecule has 0 amide bonds. The topological polar surface area (TPSA) is 39.7 Å². The molecule has 26 heavy (non-hydrogen) atoms. The number of nitrogens with one attached hydrogen (secondary N) is 1. The minimum atomic E-state index is -0.553. The van der Waals surface area contributed by atoms with Crippen molar-refractivity contribution in [2.24, 2.45) is 17.8 Å². The lowest BCUT2D eigenvalue weighted by atomic mass is 9.69.